The summed E-state index contributed by atoms with van der Waals surface area (Å²) in [4.78, 5) is 26.2. The number of hydroxylamine groups is 1. The van der Waals surface area contributed by atoms with E-state index in [1.165, 1.54) is 0 Å². The van der Waals surface area contributed by atoms with Crippen molar-refractivity contribution < 1.29 is 33.1 Å². The summed E-state index contributed by atoms with van der Waals surface area (Å²) >= 11 is 0. The number of amides is 1. The van der Waals surface area contributed by atoms with Crippen molar-refractivity contribution in [3.63, 3.8) is 0 Å². The van der Waals surface area contributed by atoms with Crippen LogP contribution in [0.1, 0.15) is 10.4 Å². The van der Waals surface area contributed by atoms with Crippen LogP contribution in [0.5, 0.6) is 5.75 Å². The third-order valence-electron chi connectivity index (χ3n) is 2.55. The second-order valence-electron chi connectivity index (χ2n) is 3.94. The molecule has 0 unspecified atom stereocenters. The van der Waals surface area contributed by atoms with Crippen molar-refractivity contribution in [2.24, 2.45) is 0 Å². The van der Waals surface area contributed by atoms with Crippen molar-refractivity contribution in [3.8, 4) is 5.75 Å². The van der Waals surface area contributed by atoms with E-state index in [0.717, 1.165) is 18.2 Å². The number of hydrogen-bond donors (Lipinski definition) is 4. The van der Waals surface area contributed by atoms with E-state index in [4.69, 9.17) is 5.11 Å². The Kier molecular flexibility index (Phi) is 3.61. The quantitative estimate of drug-likeness (QED) is 0.547. The Bertz CT molecular complexity index is 670. The molecule has 1 heterocycles. The van der Waals surface area contributed by atoms with Crippen molar-refractivity contribution in [2.45, 2.75) is 10.9 Å². The van der Waals surface area contributed by atoms with Gasteiger partial charge in [0.05, 0.1) is 4.90 Å². The average molecular weight is 302 g/mol. The second kappa shape index (κ2) is 5.07. The van der Waals surface area contributed by atoms with E-state index in [1.807, 2.05) is 5.48 Å². The normalized spacial score (nSPS) is 18.8. The minimum absolute atomic E-state index is 0.179. The molecule has 10 heteroatoms. The van der Waals surface area contributed by atoms with Gasteiger partial charge in [-0.1, -0.05) is 0 Å². The van der Waals surface area contributed by atoms with Gasteiger partial charge >= 0.3 is 5.97 Å². The van der Waals surface area contributed by atoms with Crippen LogP contribution in [0.2, 0.25) is 0 Å². The molecule has 1 fully saturated rings. The summed E-state index contributed by atoms with van der Waals surface area (Å²) in [6.45, 7) is -0.179. The predicted molar refractivity (Wildman–Crippen MR) is 63.3 cm³/mol. The molecule has 2 rings (SSSR count). The summed E-state index contributed by atoms with van der Waals surface area (Å²) in [5.41, 5.74) is 1.43. The molecule has 0 bridgehead atoms. The Hall–Kier alpha value is -2.17. The number of carboxylic acids is 1. The molecule has 0 saturated carbocycles. The van der Waals surface area contributed by atoms with E-state index in [9.17, 15) is 23.1 Å². The molecular weight excluding hydrogens is 292 g/mol. The maximum atomic E-state index is 12.0. The molecule has 1 aliphatic rings. The third kappa shape index (κ3) is 2.71. The van der Waals surface area contributed by atoms with Gasteiger partial charge in [-0.15, -0.1) is 0 Å². The molecule has 20 heavy (non-hydrogen) atoms. The zero-order valence-electron chi connectivity index (χ0n) is 9.86. The number of hydrogen-bond acceptors (Lipinski definition) is 6. The molecule has 0 aromatic heterocycles. The fourth-order valence-electron chi connectivity index (χ4n) is 1.54. The largest absolute Gasteiger partial charge is 0.507 e. The third-order valence-corrected chi connectivity index (χ3v) is 4.01. The van der Waals surface area contributed by atoms with Gasteiger partial charge < -0.3 is 10.2 Å². The lowest BCUT2D eigenvalue weighted by Crippen LogP contribution is -2.41. The standard InChI is InChI=1S/C10H10N2O7S/c13-8-2-1-5(3-6(8)10(15)16)20(17,18)12-7-4-19-11-9(7)14/h1-3,7,12-13H,4H2,(H,11,14)(H,15,16)/t7-/m1/s1. The van der Waals surface area contributed by atoms with Gasteiger partial charge in [0.15, 0.2) is 0 Å². The summed E-state index contributed by atoms with van der Waals surface area (Å²) in [6, 6.07) is 1.68. The predicted octanol–water partition coefficient (Wildman–Crippen LogP) is -1.20. The lowest BCUT2D eigenvalue weighted by Gasteiger charge is -2.10. The number of benzene rings is 1. The fraction of sp³-hybridized carbons (Fsp3) is 0.200. The highest BCUT2D eigenvalue weighted by Gasteiger charge is 2.31. The zero-order valence-corrected chi connectivity index (χ0v) is 10.7. The van der Waals surface area contributed by atoms with E-state index in [-0.39, 0.29) is 11.5 Å². The van der Waals surface area contributed by atoms with Crippen LogP contribution in [0.4, 0.5) is 0 Å². The molecule has 0 spiro atoms. The molecular formula is C10H10N2O7S. The number of carboxylic acid groups (broad SMARTS) is 1. The smallest absolute Gasteiger partial charge is 0.339 e. The Morgan fingerprint density at radius 1 is 1.45 bits per heavy atom. The molecule has 1 amide bonds. The molecule has 9 nitrogen and oxygen atoms in total. The van der Waals surface area contributed by atoms with Crippen LogP contribution in [0, 0.1) is 0 Å². The van der Waals surface area contributed by atoms with E-state index >= 15 is 0 Å². The van der Waals surface area contributed by atoms with E-state index in [0.29, 0.717) is 0 Å². The van der Waals surface area contributed by atoms with Crippen molar-refractivity contribution in [3.05, 3.63) is 23.8 Å². The van der Waals surface area contributed by atoms with E-state index in [2.05, 4.69) is 9.56 Å². The van der Waals surface area contributed by atoms with Gasteiger partial charge in [-0.2, -0.15) is 4.72 Å². The SMILES string of the molecule is O=C(O)c1cc(S(=O)(=O)N[C@@H]2CONC2=O)ccc1O. The Labute approximate surface area is 113 Å². The number of aromatic carboxylic acids is 1. The number of aromatic hydroxyl groups is 1. The van der Waals surface area contributed by atoms with Gasteiger partial charge in [0, 0.05) is 0 Å². The summed E-state index contributed by atoms with van der Waals surface area (Å²) in [5, 5.41) is 18.1. The van der Waals surface area contributed by atoms with Gasteiger partial charge in [0.25, 0.3) is 5.91 Å². The number of carbonyl (C=O) groups is 2. The molecule has 108 valence electrons. The number of sulfonamides is 1. The summed E-state index contributed by atoms with van der Waals surface area (Å²) < 4.78 is 26.1. The first-order valence-corrected chi connectivity index (χ1v) is 6.80. The van der Waals surface area contributed by atoms with Crippen molar-refractivity contribution >= 4 is 21.9 Å². The first-order chi connectivity index (χ1) is 9.31. The Morgan fingerprint density at radius 2 is 2.15 bits per heavy atom. The van der Waals surface area contributed by atoms with Gasteiger partial charge in [-0.05, 0) is 18.2 Å². The number of phenols is 1. The summed E-state index contributed by atoms with van der Waals surface area (Å²) in [5.74, 6) is -2.68. The fourth-order valence-corrected chi connectivity index (χ4v) is 2.75. The van der Waals surface area contributed by atoms with E-state index < -0.39 is 39.3 Å². The first-order valence-electron chi connectivity index (χ1n) is 5.31. The van der Waals surface area contributed by atoms with Gasteiger partial charge in [-0.3, -0.25) is 9.63 Å². The van der Waals surface area contributed by atoms with Gasteiger partial charge in [0.1, 0.15) is 24.0 Å². The molecule has 1 saturated heterocycles. The van der Waals surface area contributed by atoms with Crippen molar-refractivity contribution in [1.29, 1.82) is 0 Å². The highest BCUT2D eigenvalue weighted by atomic mass is 32.2. The monoisotopic (exact) mass is 302 g/mol. The molecule has 1 aromatic rings. The van der Waals surface area contributed by atoms with Crippen molar-refractivity contribution in [1.82, 2.24) is 10.2 Å². The molecule has 1 aromatic carbocycles. The number of nitrogens with one attached hydrogen (secondary N) is 2. The second-order valence-corrected chi connectivity index (χ2v) is 5.65. The summed E-state index contributed by atoms with van der Waals surface area (Å²) in [7, 11) is -4.11. The van der Waals surface area contributed by atoms with Crippen LogP contribution in [0.25, 0.3) is 0 Å². The molecule has 1 atom stereocenters. The lowest BCUT2D eigenvalue weighted by molar-refractivity contribution is -0.124. The topological polar surface area (TPSA) is 142 Å². The minimum Gasteiger partial charge on any atom is -0.507 e. The Balaban J connectivity index is 2.32. The first kappa shape index (κ1) is 14.2. The van der Waals surface area contributed by atoms with Gasteiger partial charge in [0.2, 0.25) is 10.0 Å². The number of carbonyl (C=O) groups excluding carboxylic acids is 1. The van der Waals surface area contributed by atoms with Crippen LogP contribution < -0.4 is 10.2 Å². The Morgan fingerprint density at radius 3 is 2.70 bits per heavy atom. The van der Waals surface area contributed by atoms with Crippen LogP contribution in [0.15, 0.2) is 23.1 Å². The number of rotatable bonds is 4. The van der Waals surface area contributed by atoms with Crippen molar-refractivity contribution in [2.75, 3.05) is 6.61 Å². The highest BCUT2D eigenvalue weighted by Crippen LogP contribution is 2.21. The van der Waals surface area contributed by atoms with Crippen LogP contribution >= 0.6 is 0 Å². The molecule has 4 N–H and O–H groups in total. The molecule has 1 aliphatic heterocycles. The lowest BCUT2D eigenvalue weighted by atomic mass is 10.2. The maximum absolute atomic E-state index is 12.0. The van der Waals surface area contributed by atoms with Crippen LogP contribution in [-0.2, 0) is 19.7 Å². The molecule has 0 radical (unpaired) electrons. The maximum Gasteiger partial charge on any atom is 0.339 e. The minimum atomic E-state index is -4.11. The molecule has 0 aliphatic carbocycles. The van der Waals surface area contributed by atoms with Gasteiger partial charge in [-0.25, -0.2) is 18.7 Å². The zero-order chi connectivity index (χ0) is 14.9. The van der Waals surface area contributed by atoms with E-state index in [1.54, 1.807) is 0 Å². The highest BCUT2D eigenvalue weighted by molar-refractivity contribution is 7.89. The van der Waals surface area contributed by atoms with Crippen LogP contribution in [0.3, 0.4) is 0 Å². The summed E-state index contributed by atoms with van der Waals surface area (Å²) in [6.07, 6.45) is 0. The average Bonchev–Trinajstić information content (AvgIpc) is 2.74. The van der Waals surface area contributed by atoms with Crippen LogP contribution in [-0.4, -0.2) is 43.2 Å².